The van der Waals surface area contributed by atoms with Crippen molar-refractivity contribution in [1.82, 2.24) is 0 Å². The number of rotatable bonds is 0. The van der Waals surface area contributed by atoms with E-state index in [-0.39, 0.29) is 5.78 Å². The number of aryl methyl sites for hydroxylation is 1. The van der Waals surface area contributed by atoms with Gasteiger partial charge in [0.15, 0.2) is 5.78 Å². The maximum Gasteiger partial charge on any atom is 0.163 e. The van der Waals surface area contributed by atoms with Crippen LogP contribution < -0.4 is 0 Å². The summed E-state index contributed by atoms with van der Waals surface area (Å²) in [5.74, 6) is 0.251. The van der Waals surface area contributed by atoms with Crippen molar-refractivity contribution in [2.75, 3.05) is 0 Å². The van der Waals surface area contributed by atoms with Gasteiger partial charge in [0.05, 0.1) is 0 Å². The van der Waals surface area contributed by atoms with Gasteiger partial charge in [-0.1, -0.05) is 17.7 Å². The topological polar surface area (TPSA) is 17.1 Å². The second-order valence-electron chi connectivity index (χ2n) is 3.48. The summed E-state index contributed by atoms with van der Waals surface area (Å²) in [6.07, 6.45) is 2.67. The second kappa shape index (κ2) is 3.15. The Bertz CT molecular complexity index is 369. The normalized spacial score (nSPS) is 15.7. The number of fused-ring (bicyclic) bond motifs is 1. The predicted octanol–water partition coefficient (Wildman–Crippen LogP) is 3.17. The van der Waals surface area contributed by atoms with Gasteiger partial charge in [-0.25, -0.2) is 0 Å². The van der Waals surface area contributed by atoms with E-state index in [1.54, 1.807) is 0 Å². The third-order valence-corrected chi connectivity index (χ3v) is 3.02. The summed E-state index contributed by atoms with van der Waals surface area (Å²) in [5.41, 5.74) is 2.99. The van der Waals surface area contributed by atoms with Crippen molar-refractivity contribution in [3.8, 4) is 0 Å². The maximum absolute atomic E-state index is 11.6. The maximum atomic E-state index is 11.6. The van der Waals surface area contributed by atoms with Gasteiger partial charge in [0.25, 0.3) is 0 Å². The quantitative estimate of drug-likeness (QED) is 0.620. The van der Waals surface area contributed by atoms with E-state index in [0.717, 1.165) is 29.5 Å². The molecule has 0 aliphatic heterocycles. The van der Waals surface area contributed by atoms with Gasteiger partial charge < -0.3 is 0 Å². The number of carbonyl (C=O) groups excluding carboxylic acids is 1. The first kappa shape index (κ1) is 8.76. The Morgan fingerprint density at radius 3 is 2.85 bits per heavy atom. The summed E-state index contributed by atoms with van der Waals surface area (Å²) in [4.78, 5) is 11.6. The summed E-state index contributed by atoms with van der Waals surface area (Å²) >= 11 is 5.96. The van der Waals surface area contributed by atoms with Gasteiger partial charge in [-0.3, -0.25) is 4.79 Å². The van der Waals surface area contributed by atoms with Gasteiger partial charge in [-0.2, -0.15) is 0 Å². The third-order valence-electron chi connectivity index (χ3n) is 2.61. The van der Waals surface area contributed by atoms with E-state index in [2.05, 4.69) is 0 Å². The van der Waals surface area contributed by atoms with E-state index < -0.39 is 0 Å². The number of carbonyl (C=O) groups is 1. The summed E-state index contributed by atoms with van der Waals surface area (Å²) in [6, 6.07) is 3.86. The highest BCUT2D eigenvalue weighted by molar-refractivity contribution is 6.32. The molecule has 2 rings (SSSR count). The number of Topliss-reactive ketones (excluding diaryl/α,β-unsaturated/α-hetero) is 1. The van der Waals surface area contributed by atoms with Crippen LogP contribution in [0.3, 0.4) is 0 Å². The van der Waals surface area contributed by atoms with Gasteiger partial charge >= 0.3 is 0 Å². The van der Waals surface area contributed by atoms with Crippen LogP contribution in [0.5, 0.6) is 0 Å². The SMILES string of the molecule is Cc1c(Cl)ccc2c1C(=O)CCC2. The van der Waals surface area contributed by atoms with Crippen molar-refractivity contribution in [3.05, 3.63) is 33.8 Å². The van der Waals surface area contributed by atoms with Crippen molar-refractivity contribution < 1.29 is 4.79 Å². The number of hydrogen-bond donors (Lipinski definition) is 0. The van der Waals surface area contributed by atoms with Crippen molar-refractivity contribution >= 4 is 17.4 Å². The minimum Gasteiger partial charge on any atom is -0.294 e. The van der Waals surface area contributed by atoms with Gasteiger partial charge in [0.2, 0.25) is 0 Å². The second-order valence-corrected chi connectivity index (χ2v) is 3.89. The first-order valence-electron chi connectivity index (χ1n) is 4.51. The van der Waals surface area contributed by atoms with Crippen LogP contribution in [-0.4, -0.2) is 5.78 Å². The summed E-state index contributed by atoms with van der Waals surface area (Å²) in [7, 11) is 0. The first-order chi connectivity index (χ1) is 6.20. The molecule has 2 heteroatoms. The van der Waals surface area contributed by atoms with Crippen LogP contribution >= 0.6 is 11.6 Å². The van der Waals surface area contributed by atoms with Crippen LogP contribution in [0.1, 0.15) is 34.3 Å². The van der Waals surface area contributed by atoms with E-state index in [4.69, 9.17) is 11.6 Å². The summed E-state index contributed by atoms with van der Waals surface area (Å²) < 4.78 is 0. The van der Waals surface area contributed by atoms with Crippen molar-refractivity contribution in [3.63, 3.8) is 0 Å². The Kier molecular flexibility index (Phi) is 2.12. The smallest absolute Gasteiger partial charge is 0.163 e. The van der Waals surface area contributed by atoms with E-state index in [0.29, 0.717) is 11.4 Å². The molecule has 0 saturated carbocycles. The molecule has 0 amide bonds. The molecule has 0 aromatic heterocycles. The molecule has 0 bridgehead atoms. The lowest BCUT2D eigenvalue weighted by molar-refractivity contribution is 0.0972. The Labute approximate surface area is 82.7 Å². The summed E-state index contributed by atoms with van der Waals surface area (Å²) in [5, 5.41) is 0.703. The van der Waals surface area contributed by atoms with Gasteiger partial charge in [0, 0.05) is 17.0 Å². The average molecular weight is 195 g/mol. The van der Waals surface area contributed by atoms with E-state index >= 15 is 0 Å². The molecule has 0 spiro atoms. The molecule has 0 atom stereocenters. The largest absolute Gasteiger partial charge is 0.294 e. The lowest BCUT2D eigenvalue weighted by Crippen LogP contribution is -2.12. The molecule has 1 aromatic rings. The van der Waals surface area contributed by atoms with E-state index in [1.807, 2.05) is 19.1 Å². The molecule has 68 valence electrons. The average Bonchev–Trinajstić information content (AvgIpc) is 2.12. The molecule has 0 heterocycles. The molecule has 1 aliphatic carbocycles. The third kappa shape index (κ3) is 1.37. The highest BCUT2D eigenvalue weighted by Gasteiger charge is 2.19. The number of benzene rings is 1. The zero-order valence-corrected chi connectivity index (χ0v) is 8.32. The fraction of sp³-hybridized carbons (Fsp3) is 0.364. The van der Waals surface area contributed by atoms with Gasteiger partial charge in [-0.05, 0) is 37.0 Å². The molecule has 0 unspecified atom stereocenters. The van der Waals surface area contributed by atoms with Crippen LogP contribution in [0.25, 0.3) is 0 Å². The molecule has 0 radical (unpaired) electrons. The van der Waals surface area contributed by atoms with Gasteiger partial charge in [-0.15, -0.1) is 0 Å². The minimum absolute atomic E-state index is 0.251. The van der Waals surface area contributed by atoms with Crippen LogP contribution in [0, 0.1) is 6.92 Å². The Morgan fingerprint density at radius 2 is 2.08 bits per heavy atom. The van der Waals surface area contributed by atoms with Crippen LogP contribution in [0.15, 0.2) is 12.1 Å². The van der Waals surface area contributed by atoms with Crippen LogP contribution in [0.2, 0.25) is 5.02 Å². The van der Waals surface area contributed by atoms with Crippen molar-refractivity contribution in [2.24, 2.45) is 0 Å². The molecule has 0 saturated heterocycles. The van der Waals surface area contributed by atoms with Crippen LogP contribution in [-0.2, 0) is 6.42 Å². The highest BCUT2D eigenvalue weighted by atomic mass is 35.5. The fourth-order valence-electron chi connectivity index (χ4n) is 1.90. The molecule has 1 aliphatic rings. The van der Waals surface area contributed by atoms with Gasteiger partial charge in [0.1, 0.15) is 0 Å². The fourth-order valence-corrected chi connectivity index (χ4v) is 2.06. The summed E-state index contributed by atoms with van der Waals surface area (Å²) in [6.45, 7) is 1.92. The Balaban J connectivity index is 2.65. The molecule has 1 nitrogen and oxygen atoms in total. The van der Waals surface area contributed by atoms with Crippen molar-refractivity contribution in [2.45, 2.75) is 26.2 Å². The standard InChI is InChI=1S/C11H11ClO/c1-7-9(12)6-5-8-3-2-4-10(13)11(7)8/h5-6H,2-4H2,1H3. The molecule has 13 heavy (non-hydrogen) atoms. The zero-order chi connectivity index (χ0) is 9.42. The predicted molar refractivity (Wildman–Crippen MR) is 53.5 cm³/mol. The van der Waals surface area contributed by atoms with E-state index in [9.17, 15) is 4.79 Å². The number of hydrogen-bond acceptors (Lipinski definition) is 1. The molecule has 0 fully saturated rings. The molecule has 1 aromatic carbocycles. The Hall–Kier alpha value is -0.820. The first-order valence-corrected chi connectivity index (χ1v) is 4.89. The number of halogens is 1. The Morgan fingerprint density at radius 1 is 1.31 bits per heavy atom. The molecule has 0 N–H and O–H groups in total. The highest BCUT2D eigenvalue weighted by Crippen LogP contribution is 2.28. The number of ketones is 1. The molecular formula is C11H11ClO. The zero-order valence-electron chi connectivity index (χ0n) is 7.56. The van der Waals surface area contributed by atoms with Crippen molar-refractivity contribution in [1.29, 1.82) is 0 Å². The lowest BCUT2D eigenvalue weighted by Gasteiger charge is -2.17. The minimum atomic E-state index is 0.251. The monoisotopic (exact) mass is 194 g/mol. The van der Waals surface area contributed by atoms with Crippen LogP contribution in [0.4, 0.5) is 0 Å². The van der Waals surface area contributed by atoms with E-state index in [1.165, 1.54) is 0 Å². The lowest BCUT2D eigenvalue weighted by atomic mass is 9.88. The molecular weight excluding hydrogens is 184 g/mol.